The molecular formula is C26H31N7. The van der Waals surface area contributed by atoms with E-state index in [2.05, 4.69) is 60.8 Å². The number of benzene rings is 1. The van der Waals surface area contributed by atoms with Crippen molar-refractivity contribution in [2.75, 3.05) is 24.5 Å². The van der Waals surface area contributed by atoms with Crippen LogP contribution in [0.5, 0.6) is 0 Å². The standard InChI is InChI=1S/C26H31N7/c1-2-9-32(8-1)24-12-22(14-28-16-24)26-18-33(31-30-26)17-20-6-7-21-11-23(29-25(21)10-20)15-27-13-19-4-3-5-19/h6-7,10-12,14,16,18-19,27,29H,1-5,8-9,13,15,17H2. The highest BCUT2D eigenvalue weighted by atomic mass is 15.4. The van der Waals surface area contributed by atoms with Crippen molar-refractivity contribution in [2.45, 2.75) is 45.2 Å². The average molecular weight is 442 g/mol. The van der Waals surface area contributed by atoms with Gasteiger partial charge < -0.3 is 15.2 Å². The van der Waals surface area contributed by atoms with E-state index in [9.17, 15) is 0 Å². The molecule has 7 nitrogen and oxygen atoms in total. The number of pyridine rings is 1. The lowest BCUT2D eigenvalue weighted by Crippen LogP contribution is -2.26. The Morgan fingerprint density at radius 2 is 1.94 bits per heavy atom. The van der Waals surface area contributed by atoms with Gasteiger partial charge >= 0.3 is 0 Å². The molecule has 0 unspecified atom stereocenters. The number of anilines is 1. The van der Waals surface area contributed by atoms with Crippen molar-refractivity contribution in [1.29, 1.82) is 0 Å². The van der Waals surface area contributed by atoms with Crippen molar-refractivity contribution in [3.63, 3.8) is 0 Å². The largest absolute Gasteiger partial charge is 0.370 e. The predicted octanol–water partition coefficient (Wildman–Crippen LogP) is 4.36. The summed E-state index contributed by atoms with van der Waals surface area (Å²) in [6.07, 6.45) is 12.5. The minimum absolute atomic E-state index is 0.691. The topological polar surface area (TPSA) is 74.7 Å². The van der Waals surface area contributed by atoms with E-state index in [-0.39, 0.29) is 0 Å². The number of H-pyrrole nitrogens is 1. The average Bonchev–Trinajstić information content (AvgIpc) is 3.56. The number of aromatic amines is 1. The monoisotopic (exact) mass is 441 g/mol. The van der Waals surface area contributed by atoms with Gasteiger partial charge in [-0.25, -0.2) is 4.68 Å². The molecule has 0 spiro atoms. The summed E-state index contributed by atoms with van der Waals surface area (Å²) in [4.78, 5) is 10.4. The SMILES string of the molecule is c1cc2cc(CNCC3CCC3)[nH]c2cc1Cn1cc(-c2cncc(N3CCCC3)c2)nn1. The number of nitrogens with zero attached hydrogens (tertiary/aromatic N) is 5. The van der Waals surface area contributed by atoms with Crippen LogP contribution in [0.4, 0.5) is 5.69 Å². The van der Waals surface area contributed by atoms with Gasteiger partial charge in [0, 0.05) is 42.6 Å². The van der Waals surface area contributed by atoms with Crippen LogP contribution < -0.4 is 10.2 Å². The zero-order valence-electron chi connectivity index (χ0n) is 19.0. The van der Waals surface area contributed by atoms with Crippen LogP contribution in [0.15, 0.2) is 48.9 Å². The summed E-state index contributed by atoms with van der Waals surface area (Å²) in [5.41, 5.74) is 6.69. The molecule has 0 bridgehead atoms. The Labute approximate surface area is 194 Å². The molecule has 0 amide bonds. The third-order valence-corrected chi connectivity index (χ3v) is 7.09. The van der Waals surface area contributed by atoms with Gasteiger partial charge in [0.1, 0.15) is 5.69 Å². The van der Waals surface area contributed by atoms with Crippen LogP contribution in [0.25, 0.3) is 22.2 Å². The molecule has 6 rings (SSSR count). The van der Waals surface area contributed by atoms with E-state index < -0.39 is 0 Å². The Hall–Kier alpha value is -3.19. The molecule has 2 aliphatic rings. The zero-order chi connectivity index (χ0) is 22.0. The highest BCUT2D eigenvalue weighted by Crippen LogP contribution is 2.26. The summed E-state index contributed by atoms with van der Waals surface area (Å²) < 4.78 is 1.91. The second-order valence-corrected chi connectivity index (χ2v) is 9.57. The molecule has 1 aromatic carbocycles. The Kier molecular flexibility index (Phi) is 5.56. The molecule has 1 aliphatic heterocycles. The summed E-state index contributed by atoms with van der Waals surface area (Å²) in [5, 5.41) is 13.6. The van der Waals surface area contributed by atoms with Crippen molar-refractivity contribution in [3.8, 4) is 11.3 Å². The smallest absolute Gasteiger partial charge is 0.114 e. The Morgan fingerprint density at radius 1 is 1.03 bits per heavy atom. The third-order valence-electron chi connectivity index (χ3n) is 7.09. The summed E-state index contributed by atoms with van der Waals surface area (Å²) in [7, 11) is 0. The van der Waals surface area contributed by atoms with Crippen molar-refractivity contribution >= 4 is 16.6 Å². The summed E-state index contributed by atoms with van der Waals surface area (Å²) in [6, 6.07) is 11.0. The van der Waals surface area contributed by atoms with E-state index in [4.69, 9.17) is 0 Å². The number of nitrogens with one attached hydrogen (secondary N) is 2. The van der Waals surface area contributed by atoms with Crippen molar-refractivity contribution in [2.24, 2.45) is 5.92 Å². The highest BCUT2D eigenvalue weighted by molar-refractivity contribution is 5.81. The molecule has 0 atom stereocenters. The minimum Gasteiger partial charge on any atom is -0.370 e. The first-order chi connectivity index (χ1) is 16.3. The van der Waals surface area contributed by atoms with Gasteiger partial charge in [-0.05, 0) is 67.3 Å². The van der Waals surface area contributed by atoms with E-state index >= 15 is 0 Å². The lowest BCUT2D eigenvalue weighted by Gasteiger charge is -2.25. The van der Waals surface area contributed by atoms with Crippen LogP contribution in [0.1, 0.15) is 43.4 Å². The van der Waals surface area contributed by atoms with E-state index in [0.29, 0.717) is 6.54 Å². The molecule has 4 aromatic rings. The maximum absolute atomic E-state index is 4.45. The van der Waals surface area contributed by atoms with Gasteiger partial charge in [-0.1, -0.05) is 23.8 Å². The molecule has 2 fully saturated rings. The van der Waals surface area contributed by atoms with Crippen molar-refractivity contribution < 1.29 is 0 Å². The molecule has 33 heavy (non-hydrogen) atoms. The van der Waals surface area contributed by atoms with Gasteiger partial charge in [-0.15, -0.1) is 5.10 Å². The summed E-state index contributed by atoms with van der Waals surface area (Å²) >= 11 is 0. The molecule has 170 valence electrons. The molecule has 3 aromatic heterocycles. The van der Waals surface area contributed by atoms with E-state index in [0.717, 1.165) is 43.4 Å². The lowest BCUT2D eigenvalue weighted by atomic mass is 9.85. The van der Waals surface area contributed by atoms with Crippen LogP contribution >= 0.6 is 0 Å². The Morgan fingerprint density at radius 3 is 2.79 bits per heavy atom. The van der Waals surface area contributed by atoms with Crippen LogP contribution in [0, 0.1) is 5.92 Å². The van der Waals surface area contributed by atoms with Gasteiger partial charge in [0.05, 0.1) is 24.6 Å². The fourth-order valence-corrected chi connectivity index (χ4v) is 4.95. The van der Waals surface area contributed by atoms with Crippen molar-refractivity contribution in [3.05, 3.63) is 60.2 Å². The second-order valence-electron chi connectivity index (χ2n) is 9.57. The number of fused-ring (bicyclic) bond motifs is 1. The quantitative estimate of drug-likeness (QED) is 0.425. The number of aromatic nitrogens is 5. The Balaban J connectivity index is 1.13. The first-order valence-corrected chi connectivity index (χ1v) is 12.2. The third kappa shape index (κ3) is 4.50. The molecule has 1 saturated heterocycles. The van der Waals surface area contributed by atoms with Gasteiger partial charge in [-0.2, -0.15) is 0 Å². The van der Waals surface area contributed by atoms with E-state index in [1.165, 1.54) is 60.0 Å². The molecular weight excluding hydrogens is 410 g/mol. The molecule has 1 saturated carbocycles. The van der Waals surface area contributed by atoms with Crippen molar-refractivity contribution in [1.82, 2.24) is 30.3 Å². The minimum atomic E-state index is 0.691. The van der Waals surface area contributed by atoms with Gasteiger partial charge in [0.25, 0.3) is 0 Å². The second kappa shape index (κ2) is 8.98. The first-order valence-electron chi connectivity index (χ1n) is 12.2. The fourth-order valence-electron chi connectivity index (χ4n) is 4.95. The van der Waals surface area contributed by atoms with E-state index in [1.54, 1.807) is 0 Å². The predicted molar refractivity (Wildman–Crippen MR) is 131 cm³/mol. The molecule has 0 radical (unpaired) electrons. The number of rotatable bonds is 8. The lowest BCUT2D eigenvalue weighted by molar-refractivity contribution is 0.301. The van der Waals surface area contributed by atoms with Gasteiger partial charge in [0.15, 0.2) is 0 Å². The molecule has 1 aliphatic carbocycles. The molecule has 7 heteroatoms. The zero-order valence-corrected chi connectivity index (χ0v) is 19.0. The first kappa shape index (κ1) is 20.4. The normalized spacial score (nSPS) is 16.5. The van der Waals surface area contributed by atoms with Crippen LogP contribution in [-0.4, -0.2) is 44.6 Å². The fraction of sp³-hybridized carbons (Fsp3) is 0.423. The Bertz CT molecular complexity index is 1230. The van der Waals surface area contributed by atoms with Crippen LogP contribution in [-0.2, 0) is 13.1 Å². The van der Waals surface area contributed by atoms with Crippen LogP contribution in [0.2, 0.25) is 0 Å². The summed E-state index contributed by atoms with van der Waals surface area (Å²) in [6.45, 7) is 4.94. The maximum atomic E-state index is 4.45. The number of hydrogen-bond acceptors (Lipinski definition) is 5. The number of hydrogen-bond donors (Lipinski definition) is 2. The molecule has 2 N–H and O–H groups in total. The summed E-state index contributed by atoms with van der Waals surface area (Å²) in [5.74, 6) is 0.882. The van der Waals surface area contributed by atoms with E-state index in [1.807, 2.05) is 23.3 Å². The molecule has 4 heterocycles. The van der Waals surface area contributed by atoms with Gasteiger partial charge in [0.2, 0.25) is 0 Å². The van der Waals surface area contributed by atoms with Gasteiger partial charge in [-0.3, -0.25) is 4.98 Å². The van der Waals surface area contributed by atoms with Crippen LogP contribution in [0.3, 0.4) is 0 Å². The maximum Gasteiger partial charge on any atom is 0.114 e. The highest BCUT2D eigenvalue weighted by Gasteiger charge is 2.17.